The number of nitrogens with zero attached hydrogens (tertiary/aromatic N) is 1. The Morgan fingerprint density at radius 2 is 1.43 bits per heavy atom. The summed E-state index contributed by atoms with van der Waals surface area (Å²) in [4.78, 5) is 26.3. The Bertz CT molecular complexity index is 321. The van der Waals surface area contributed by atoms with Crippen LogP contribution in [0, 0.1) is 0 Å². The van der Waals surface area contributed by atoms with Gasteiger partial charge >= 0.3 is 35.5 Å². The zero-order valence-electron chi connectivity index (χ0n) is 13.0. The normalized spacial score (nSPS) is 13.0. The van der Waals surface area contributed by atoms with Crippen LogP contribution < -0.4 is 0 Å². The molecule has 4 nitrogen and oxygen atoms in total. The van der Waals surface area contributed by atoms with Crippen molar-refractivity contribution in [3.63, 3.8) is 0 Å². The van der Waals surface area contributed by atoms with Gasteiger partial charge in [0.2, 0.25) is 5.54 Å². The standard InChI is InChI=1S/C16H29NO3.Na.H/c1-4-5-6-7-8-9-10-11-12-13-14(18)16(2,17-3)15(19)20;;/h3-13H2,1-2H3,(H,19,20);;. The molecule has 1 atom stereocenters. The average molecular weight is 307 g/mol. The van der Waals surface area contributed by atoms with Crippen LogP contribution in [0.4, 0.5) is 0 Å². The average Bonchev–Trinajstić information content (AvgIpc) is 2.44. The molecule has 0 bridgehead atoms. The van der Waals surface area contributed by atoms with Crippen LogP contribution in [0.25, 0.3) is 0 Å². The third kappa shape index (κ3) is 9.43. The summed E-state index contributed by atoms with van der Waals surface area (Å²) in [6.45, 7) is 6.74. The first kappa shape index (κ1) is 23.1. The van der Waals surface area contributed by atoms with Gasteiger partial charge in [0, 0.05) is 6.42 Å². The van der Waals surface area contributed by atoms with Gasteiger partial charge in [-0.3, -0.25) is 9.79 Å². The van der Waals surface area contributed by atoms with Gasteiger partial charge < -0.3 is 5.11 Å². The Morgan fingerprint density at radius 3 is 1.81 bits per heavy atom. The van der Waals surface area contributed by atoms with Crippen LogP contribution in [0.5, 0.6) is 0 Å². The van der Waals surface area contributed by atoms with Crippen molar-refractivity contribution in [2.24, 2.45) is 4.99 Å². The first-order chi connectivity index (χ1) is 9.49. The van der Waals surface area contributed by atoms with Crippen LogP contribution in [0.3, 0.4) is 0 Å². The van der Waals surface area contributed by atoms with Gasteiger partial charge in [-0.05, 0) is 20.1 Å². The fraction of sp³-hybridized carbons (Fsp3) is 0.812. The van der Waals surface area contributed by atoms with E-state index in [4.69, 9.17) is 5.11 Å². The first-order valence-corrected chi connectivity index (χ1v) is 7.73. The van der Waals surface area contributed by atoms with Gasteiger partial charge in [0.1, 0.15) is 0 Å². The summed E-state index contributed by atoms with van der Waals surface area (Å²) in [6, 6.07) is 0. The van der Waals surface area contributed by atoms with Crippen molar-refractivity contribution in [1.82, 2.24) is 0 Å². The summed E-state index contributed by atoms with van der Waals surface area (Å²) in [5, 5.41) is 8.99. The van der Waals surface area contributed by atoms with Crippen molar-refractivity contribution in [1.29, 1.82) is 0 Å². The second-order valence-corrected chi connectivity index (χ2v) is 5.54. The van der Waals surface area contributed by atoms with Crippen LogP contribution in [0.15, 0.2) is 4.99 Å². The van der Waals surface area contributed by atoms with E-state index < -0.39 is 11.5 Å². The van der Waals surface area contributed by atoms with E-state index in [0.717, 1.165) is 19.3 Å². The number of carboxylic acids is 1. The molecule has 0 aliphatic heterocycles. The van der Waals surface area contributed by atoms with E-state index in [-0.39, 0.29) is 41.8 Å². The second kappa shape index (κ2) is 13.5. The predicted octanol–water partition coefficient (Wildman–Crippen LogP) is 3.37. The van der Waals surface area contributed by atoms with Gasteiger partial charge in [0.05, 0.1) is 0 Å². The minimum absolute atomic E-state index is 0. The zero-order chi connectivity index (χ0) is 15.4. The Balaban J connectivity index is 0. The van der Waals surface area contributed by atoms with Crippen molar-refractivity contribution in [3.8, 4) is 0 Å². The van der Waals surface area contributed by atoms with Gasteiger partial charge in [0.15, 0.2) is 5.78 Å². The SMILES string of the molecule is C=NC(C)(C(=O)O)C(=O)CCCCCCCCCCC.[NaH]. The van der Waals surface area contributed by atoms with Gasteiger partial charge in [0.25, 0.3) is 0 Å². The molecule has 0 aromatic heterocycles. The molecule has 0 rings (SSSR count). The molecule has 0 aromatic rings. The summed E-state index contributed by atoms with van der Waals surface area (Å²) in [7, 11) is 0. The van der Waals surface area contributed by atoms with Crippen molar-refractivity contribution < 1.29 is 14.7 Å². The first-order valence-electron chi connectivity index (χ1n) is 7.73. The molecular weight excluding hydrogens is 277 g/mol. The Morgan fingerprint density at radius 1 is 1.00 bits per heavy atom. The van der Waals surface area contributed by atoms with Crippen molar-refractivity contribution >= 4 is 48.0 Å². The van der Waals surface area contributed by atoms with Gasteiger partial charge in [-0.1, -0.05) is 58.3 Å². The van der Waals surface area contributed by atoms with Crippen LogP contribution in [-0.2, 0) is 9.59 Å². The number of rotatable bonds is 13. The summed E-state index contributed by atoms with van der Waals surface area (Å²) in [5.41, 5.74) is -1.67. The van der Waals surface area contributed by atoms with Crippen LogP contribution in [0.1, 0.15) is 78.1 Å². The third-order valence-corrected chi connectivity index (χ3v) is 3.78. The van der Waals surface area contributed by atoms with Crippen molar-refractivity contribution in [3.05, 3.63) is 0 Å². The molecule has 0 heterocycles. The van der Waals surface area contributed by atoms with E-state index in [1.165, 1.54) is 45.4 Å². The van der Waals surface area contributed by atoms with E-state index >= 15 is 0 Å². The summed E-state index contributed by atoms with van der Waals surface area (Å²) >= 11 is 0. The number of carbonyl (C=O) groups is 2. The van der Waals surface area contributed by atoms with E-state index in [9.17, 15) is 9.59 Å². The fourth-order valence-electron chi connectivity index (χ4n) is 2.11. The number of ketones is 1. The number of hydrogen-bond acceptors (Lipinski definition) is 3. The Kier molecular flexibility index (Phi) is 14.8. The Labute approximate surface area is 151 Å². The molecule has 1 unspecified atom stereocenters. The number of aliphatic imine (C=N–C) groups is 1. The molecule has 0 spiro atoms. The number of unbranched alkanes of at least 4 members (excludes halogenated alkanes) is 8. The van der Waals surface area contributed by atoms with E-state index in [1.807, 2.05) is 0 Å². The third-order valence-electron chi connectivity index (χ3n) is 3.78. The topological polar surface area (TPSA) is 66.7 Å². The molecule has 0 fully saturated rings. The summed E-state index contributed by atoms with van der Waals surface area (Å²) < 4.78 is 0. The summed E-state index contributed by atoms with van der Waals surface area (Å²) in [5.74, 6) is -1.56. The number of carbonyl (C=O) groups excluding carboxylic acids is 1. The second-order valence-electron chi connectivity index (χ2n) is 5.54. The molecule has 0 aromatic carbocycles. The van der Waals surface area contributed by atoms with E-state index in [2.05, 4.69) is 18.6 Å². The molecule has 0 saturated carbocycles. The van der Waals surface area contributed by atoms with Crippen molar-refractivity contribution in [2.45, 2.75) is 83.6 Å². The summed E-state index contributed by atoms with van der Waals surface area (Å²) in [6.07, 6.45) is 10.8. The monoisotopic (exact) mass is 307 g/mol. The number of Topliss-reactive ketones (excluding diaryl/α,β-unsaturated/α-hetero) is 1. The van der Waals surface area contributed by atoms with Gasteiger partial charge in [-0.2, -0.15) is 0 Å². The van der Waals surface area contributed by atoms with Gasteiger partial charge in [-0.15, -0.1) is 0 Å². The Hall–Kier alpha value is -0.190. The maximum atomic E-state index is 11.8. The minimum atomic E-state index is -1.67. The quantitative estimate of drug-likeness (QED) is 0.245. The molecule has 118 valence electrons. The molecule has 21 heavy (non-hydrogen) atoms. The molecule has 0 amide bonds. The van der Waals surface area contributed by atoms with Crippen molar-refractivity contribution in [2.75, 3.05) is 0 Å². The molecule has 1 N–H and O–H groups in total. The number of hydrogen-bond donors (Lipinski definition) is 1. The zero-order valence-corrected chi connectivity index (χ0v) is 13.0. The molecular formula is C16H30NNaO3. The van der Waals surface area contributed by atoms with E-state index in [1.54, 1.807) is 0 Å². The van der Waals surface area contributed by atoms with E-state index in [0.29, 0.717) is 0 Å². The maximum absolute atomic E-state index is 11.8. The number of aliphatic carboxylic acids is 1. The molecule has 0 radical (unpaired) electrons. The van der Waals surface area contributed by atoms with Crippen LogP contribution in [0.2, 0.25) is 0 Å². The fourth-order valence-corrected chi connectivity index (χ4v) is 2.11. The van der Waals surface area contributed by atoms with Gasteiger partial charge in [-0.25, -0.2) is 4.79 Å². The molecule has 0 saturated heterocycles. The van der Waals surface area contributed by atoms with Crippen LogP contribution in [-0.4, -0.2) is 58.7 Å². The predicted molar refractivity (Wildman–Crippen MR) is 89.6 cm³/mol. The van der Waals surface area contributed by atoms with Crippen LogP contribution >= 0.6 is 0 Å². The molecule has 0 aliphatic carbocycles. The number of carboxylic acid groups (broad SMARTS) is 1. The molecule has 0 aliphatic rings. The molecule has 5 heteroatoms.